The molecule has 0 aliphatic carbocycles. The SMILES string of the molecule is Clc1ccc(C[C@@H]2CC[C@H](CN3CCOCC3)O2)nn1. The molecule has 0 aromatic carbocycles. The average molecular weight is 298 g/mol. The molecular formula is C14H20ClN3O2. The molecule has 110 valence electrons. The molecule has 2 atom stereocenters. The lowest BCUT2D eigenvalue weighted by molar-refractivity contribution is -0.0111. The molecule has 0 bridgehead atoms. The van der Waals surface area contributed by atoms with Gasteiger partial charge < -0.3 is 9.47 Å². The number of nitrogens with zero attached hydrogens (tertiary/aromatic N) is 3. The normalized spacial score (nSPS) is 27.9. The Morgan fingerprint density at radius 2 is 1.95 bits per heavy atom. The third kappa shape index (κ3) is 3.88. The topological polar surface area (TPSA) is 47.5 Å². The third-order valence-corrected chi connectivity index (χ3v) is 4.09. The Bertz CT molecular complexity index is 423. The van der Waals surface area contributed by atoms with Crippen LogP contribution in [0.1, 0.15) is 18.5 Å². The minimum Gasteiger partial charge on any atom is -0.379 e. The molecule has 0 saturated carbocycles. The van der Waals surface area contributed by atoms with Crippen LogP contribution in [0.15, 0.2) is 12.1 Å². The van der Waals surface area contributed by atoms with Crippen molar-refractivity contribution >= 4 is 11.6 Å². The van der Waals surface area contributed by atoms with Gasteiger partial charge in [0.15, 0.2) is 5.15 Å². The van der Waals surface area contributed by atoms with Crippen LogP contribution >= 0.6 is 11.6 Å². The number of hydrogen-bond acceptors (Lipinski definition) is 5. The van der Waals surface area contributed by atoms with E-state index in [1.54, 1.807) is 6.07 Å². The van der Waals surface area contributed by atoms with E-state index in [0.717, 1.165) is 57.8 Å². The minimum atomic E-state index is 0.261. The molecule has 0 unspecified atom stereocenters. The summed E-state index contributed by atoms with van der Waals surface area (Å²) in [5.41, 5.74) is 0.950. The van der Waals surface area contributed by atoms with Crippen LogP contribution in [0.2, 0.25) is 5.15 Å². The smallest absolute Gasteiger partial charge is 0.151 e. The van der Waals surface area contributed by atoms with Gasteiger partial charge in [-0.25, -0.2) is 0 Å². The molecule has 0 spiro atoms. The van der Waals surface area contributed by atoms with Crippen LogP contribution in [0.5, 0.6) is 0 Å². The first-order chi connectivity index (χ1) is 9.79. The fourth-order valence-electron chi connectivity index (χ4n) is 2.82. The second-order valence-electron chi connectivity index (χ2n) is 5.42. The Labute approximate surface area is 124 Å². The van der Waals surface area contributed by atoms with Crippen molar-refractivity contribution in [2.45, 2.75) is 31.5 Å². The quantitative estimate of drug-likeness (QED) is 0.844. The van der Waals surface area contributed by atoms with Gasteiger partial charge in [-0.3, -0.25) is 4.90 Å². The molecule has 1 aromatic heterocycles. The van der Waals surface area contributed by atoms with Gasteiger partial charge in [-0.1, -0.05) is 11.6 Å². The first-order valence-corrected chi connectivity index (χ1v) is 7.61. The van der Waals surface area contributed by atoms with Gasteiger partial charge in [0.1, 0.15) is 0 Å². The summed E-state index contributed by atoms with van der Waals surface area (Å²) in [5, 5.41) is 8.40. The predicted molar refractivity (Wildman–Crippen MR) is 75.9 cm³/mol. The highest BCUT2D eigenvalue weighted by Crippen LogP contribution is 2.23. The van der Waals surface area contributed by atoms with E-state index in [2.05, 4.69) is 15.1 Å². The van der Waals surface area contributed by atoms with Crippen LogP contribution < -0.4 is 0 Å². The Balaban J connectivity index is 1.45. The number of halogens is 1. The van der Waals surface area contributed by atoms with Crippen molar-refractivity contribution in [1.29, 1.82) is 0 Å². The average Bonchev–Trinajstić information content (AvgIpc) is 2.90. The second kappa shape index (κ2) is 6.80. The van der Waals surface area contributed by atoms with Crippen LogP contribution in [-0.4, -0.2) is 60.2 Å². The highest BCUT2D eigenvalue weighted by molar-refractivity contribution is 6.29. The maximum absolute atomic E-state index is 6.12. The Morgan fingerprint density at radius 1 is 1.15 bits per heavy atom. The number of ether oxygens (including phenoxy) is 2. The summed E-state index contributed by atoms with van der Waals surface area (Å²) in [6, 6.07) is 3.71. The lowest BCUT2D eigenvalue weighted by atomic mass is 10.1. The zero-order valence-corrected chi connectivity index (χ0v) is 12.3. The van der Waals surface area contributed by atoms with E-state index < -0.39 is 0 Å². The van der Waals surface area contributed by atoms with E-state index in [4.69, 9.17) is 21.1 Å². The summed E-state index contributed by atoms with van der Waals surface area (Å²) in [5.74, 6) is 0. The summed E-state index contributed by atoms with van der Waals surface area (Å²) in [6.07, 6.45) is 3.65. The number of aromatic nitrogens is 2. The van der Waals surface area contributed by atoms with Crippen LogP contribution in [0.25, 0.3) is 0 Å². The molecule has 3 rings (SSSR count). The van der Waals surface area contributed by atoms with Crippen LogP contribution in [0.4, 0.5) is 0 Å². The fraction of sp³-hybridized carbons (Fsp3) is 0.714. The molecule has 3 heterocycles. The predicted octanol–water partition coefficient (Wildman–Crippen LogP) is 1.55. The van der Waals surface area contributed by atoms with E-state index in [1.807, 2.05) is 6.07 Å². The molecule has 0 radical (unpaired) electrons. The molecule has 2 saturated heterocycles. The molecular weight excluding hydrogens is 278 g/mol. The van der Waals surface area contributed by atoms with Gasteiger partial charge in [0, 0.05) is 26.1 Å². The van der Waals surface area contributed by atoms with Gasteiger partial charge in [-0.15, -0.1) is 5.10 Å². The van der Waals surface area contributed by atoms with Crippen molar-refractivity contribution in [3.05, 3.63) is 23.0 Å². The van der Waals surface area contributed by atoms with Gasteiger partial charge >= 0.3 is 0 Å². The molecule has 2 fully saturated rings. The molecule has 5 nitrogen and oxygen atoms in total. The van der Waals surface area contributed by atoms with Crippen molar-refractivity contribution in [3.8, 4) is 0 Å². The summed E-state index contributed by atoms with van der Waals surface area (Å²) in [6.45, 7) is 4.75. The van der Waals surface area contributed by atoms with Crippen molar-refractivity contribution in [3.63, 3.8) is 0 Å². The first-order valence-electron chi connectivity index (χ1n) is 7.23. The number of hydrogen-bond donors (Lipinski definition) is 0. The van der Waals surface area contributed by atoms with Crippen molar-refractivity contribution in [1.82, 2.24) is 15.1 Å². The van der Waals surface area contributed by atoms with E-state index in [9.17, 15) is 0 Å². The lowest BCUT2D eigenvalue weighted by Gasteiger charge is -2.28. The minimum absolute atomic E-state index is 0.261. The van der Waals surface area contributed by atoms with Crippen LogP contribution in [-0.2, 0) is 15.9 Å². The van der Waals surface area contributed by atoms with Gasteiger partial charge in [0.25, 0.3) is 0 Å². The van der Waals surface area contributed by atoms with E-state index in [1.165, 1.54) is 0 Å². The van der Waals surface area contributed by atoms with E-state index in [-0.39, 0.29) is 6.10 Å². The Kier molecular flexibility index (Phi) is 4.83. The zero-order chi connectivity index (χ0) is 13.8. The second-order valence-corrected chi connectivity index (χ2v) is 5.81. The van der Waals surface area contributed by atoms with Gasteiger partial charge in [-0.05, 0) is 25.0 Å². The van der Waals surface area contributed by atoms with Crippen molar-refractivity contribution < 1.29 is 9.47 Å². The zero-order valence-electron chi connectivity index (χ0n) is 11.5. The summed E-state index contributed by atoms with van der Waals surface area (Å²) >= 11 is 5.74. The maximum atomic E-state index is 6.12. The molecule has 1 aromatic rings. The number of morpholine rings is 1. The lowest BCUT2D eigenvalue weighted by Crippen LogP contribution is -2.41. The molecule has 2 aliphatic rings. The fourth-order valence-corrected chi connectivity index (χ4v) is 2.92. The first kappa shape index (κ1) is 14.2. The van der Waals surface area contributed by atoms with Gasteiger partial charge in [-0.2, -0.15) is 5.10 Å². The summed E-state index contributed by atoms with van der Waals surface area (Å²) in [7, 11) is 0. The van der Waals surface area contributed by atoms with Crippen molar-refractivity contribution in [2.24, 2.45) is 0 Å². The summed E-state index contributed by atoms with van der Waals surface area (Å²) in [4.78, 5) is 2.43. The van der Waals surface area contributed by atoms with Gasteiger partial charge in [0.2, 0.25) is 0 Å². The largest absolute Gasteiger partial charge is 0.379 e. The summed E-state index contributed by atoms with van der Waals surface area (Å²) < 4.78 is 11.5. The molecule has 0 N–H and O–H groups in total. The standard InChI is InChI=1S/C14H20ClN3O2/c15-14-4-1-11(16-17-14)9-12-2-3-13(20-12)10-18-5-7-19-8-6-18/h1,4,12-13H,2-3,5-10H2/t12-,13+/m0/s1. The molecule has 2 aliphatic heterocycles. The highest BCUT2D eigenvalue weighted by Gasteiger charge is 2.27. The Morgan fingerprint density at radius 3 is 2.70 bits per heavy atom. The number of rotatable bonds is 4. The van der Waals surface area contributed by atoms with Crippen LogP contribution in [0, 0.1) is 0 Å². The molecule has 20 heavy (non-hydrogen) atoms. The van der Waals surface area contributed by atoms with Crippen LogP contribution in [0.3, 0.4) is 0 Å². The monoisotopic (exact) mass is 297 g/mol. The highest BCUT2D eigenvalue weighted by atomic mass is 35.5. The van der Waals surface area contributed by atoms with E-state index in [0.29, 0.717) is 11.3 Å². The maximum Gasteiger partial charge on any atom is 0.151 e. The van der Waals surface area contributed by atoms with Crippen molar-refractivity contribution in [2.75, 3.05) is 32.8 Å². The molecule has 0 amide bonds. The Hall–Kier alpha value is -0.750. The molecule has 6 heteroatoms. The third-order valence-electron chi connectivity index (χ3n) is 3.89. The van der Waals surface area contributed by atoms with Gasteiger partial charge in [0.05, 0.1) is 31.1 Å². The van der Waals surface area contributed by atoms with E-state index >= 15 is 0 Å².